The summed E-state index contributed by atoms with van der Waals surface area (Å²) in [5, 5.41) is 13.6. The molecule has 5 aromatic rings. The van der Waals surface area contributed by atoms with Crippen LogP contribution < -0.4 is 19.6 Å². The Bertz CT molecular complexity index is 1690. The molecule has 0 saturated carbocycles. The van der Waals surface area contributed by atoms with Gasteiger partial charge in [0.1, 0.15) is 12.4 Å². The maximum Gasteiger partial charge on any atom is 0.250 e. The molecule has 1 aromatic heterocycles. The molecule has 10 heteroatoms. The van der Waals surface area contributed by atoms with Crippen LogP contribution in [0.15, 0.2) is 107 Å². The summed E-state index contributed by atoms with van der Waals surface area (Å²) in [6.07, 6.45) is 1.56. The summed E-state index contributed by atoms with van der Waals surface area (Å²) in [5.41, 5.74) is 7.30. The number of nitrogens with one attached hydrogen (secondary N) is 1. The number of rotatable bonds is 12. The SMILES string of the molecule is COc1ccc(-n2c(SCC(=O)N/N=C\c3ccc(OC)c(OCc4ccccc4)c3)nnc2-c2ccc(C)cc2)cc1. The number of thioether (sulfide) groups is 1. The van der Waals surface area contributed by atoms with E-state index in [4.69, 9.17) is 14.2 Å². The van der Waals surface area contributed by atoms with Crippen LogP contribution in [0, 0.1) is 6.92 Å². The van der Waals surface area contributed by atoms with E-state index in [1.54, 1.807) is 26.5 Å². The van der Waals surface area contributed by atoms with Crippen molar-refractivity contribution < 1.29 is 19.0 Å². The lowest BCUT2D eigenvalue weighted by molar-refractivity contribution is -0.118. The number of hydrogen-bond donors (Lipinski definition) is 1. The first-order valence-electron chi connectivity index (χ1n) is 13.5. The molecule has 5 rings (SSSR count). The molecule has 4 aromatic carbocycles. The second-order valence-electron chi connectivity index (χ2n) is 9.47. The van der Waals surface area contributed by atoms with Gasteiger partial charge in [0, 0.05) is 11.3 Å². The van der Waals surface area contributed by atoms with Gasteiger partial charge in [-0.3, -0.25) is 9.36 Å². The average Bonchev–Trinajstić information content (AvgIpc) is 3.47. The fourth-order valence-corrected chi connectivity index (χ4v) is 4.92. The van der Waals surface area contributed by atoms with Crippen molar-refractivity contribution in [2.24, 2.45) is 5.10 Å². The monoisotopic (exact) mass is 593 g/mol. The van der Waals surface area contributed by atoms with E-state index >= 15 is 0 Å². The Kier molecular flexibility index (Phi) is 9.71. The van der Waals surface area contributed by atoms with Crippen molar-refractivity contribution in [1.29, 1.82) is 0 Å². The normalized spacial score (nSPS) is 11.0. The maximum absolute atomic E-state index is 12.7. The van der Waals surface area contributed by atoms with Gasteiger partial charge < -0.3 is 14.2 Å². The highest BCUT2D eigenvalue weighted by Crippen LogP contribution is 2.30. The topological polar surface area (TPSA) is 99.9 Å². The minimum Gasteiger partial charge on any atom is -0.497 e. The molecule has 0 saturated heterocycles. The largest absolute Gasteiger partial charge is 0.497 e. The van der Waals surface area contributed by atoms with Crippen LogP contribution in [-0.4, -0.2) is 46.9 Å². The molecule has 0 bridgehead atoms. The van der Waals surface area contributed by atoms with Crippen LogP contribution in [0.2, 0.25) is 0 Å². The number of ether oxygens (including phenoxy) is 3. The molecule has 43 heavy (non-hydrogen) atoms. The van der Waals surface area contributed by atoms with Crippen molar-refractivity contribution in [3.05, 3.63) is 114 Å². The zero-order valence-electron chi connectivity index (χ0n) is 24.1. The number of hydrazone groups is 1. The molecule has 9 nitrogen and oxygen atoms in total. The average molecular weight is 594 g/mol. The molecule has 0 unspecified atom stereocenters. The molecule has 1 amide bonds. The predicted octanol–water partition coefficient (Wildman–Crippen LogP) is 6.08. The van der Waals surface area contributed by atoms with Crippen LogP contribution in [-0.2, 0) is 11.4 Å². The second kappa shape index (κ2) is 14.2. The van der Waals surface area contributed by atoms with Gasteiger partial charge in [0.05, 0.1) is 26.2 Å². The van der Waals surface area contributed by atoms with Gasteiger partial charge in [-0.15, -0.1) is 10.2 Å². The Morgan fingerprint density at radius 3 is 2.40 bits per heavy atom. The number of hydrogen-bond acceptors (Lipinski definition) is 8. The first kappa shape index (κ1) is 29.4. The summed E-state index contributed by atoms with van der Waals surface area (Å²) in [6.45, 7) is 2.44. The van der Waals surface area contributed by atoms with E-state index in [2.05, 4.69) is 20.7 Å². The van der Waals surface area contributed by atoms with Crippen LogP contribution in [0.1, 0.15) is 16.7 Å². The second-order valence-corrected chi connectivity index (χ2v) is 10.4. The number of aromatic nitrogens is 3. The lowest BCUT2D eigenvalue weighted by Crippen LogP contribution is -2.20. The fraction of sp³-hybridized carbons (Fsp3) is 0.152. The number of aryl methyl sites for hydroxylation is 1. The van der Waals surface area contributed by atoms with Gasteiger partial charge in [-0.2, -0.15) is 5.10 Å². The minimum absolute atomic E-state index is 0.0908. The van der Waals surface area contributed by atoms with Gasteiger partial charge >= 0.3 is 0 Å². The highest BCUT2D eigenvalue weighted by atomic mass is 32.2. The highest BCUT2D eigenvalue weighted by molar-refractivity contribution is 7.99. The summed E-state index contributed by atoms with van der Waals surface area (Å²) >= 11 is 1.27. The van der Waals surface area contributed by atoms with Crippen LogP contribution in [0.5, 0.6) is 17.2 Å². The number of nitrogens with zero attached hydrogens (tertiary/aromatic N) is 4. The first-order valence-corrected chi connectivity index (χ1v) is 14.5. The van der Waals surface area contributed by atoms with Gasteiger partial charge in [-0.25, -0.2) is 5.43 Å². The number of methoxy groups -OCH3 is 2. The van der Waals surface area contributed by atoms with E-state index in [0.717, 1.165) is 33.7 Å². The minimum atomic E-state index is -0.281. The van der Waals surface area contributed by atoms with Crippen molar-refractivity contribution in [2.45, 2.75) is 18.7 Å². The van der Waals surface area contributed by atoms with Crippen molar-refractivity contribution in [2.75, 3.05) is 20.0 Å². The molecule has 0 aliphatic heterocycles. The Hall–Kier alpha value is -5.09. The zero-order chi connectivity index (χ0) is 30.0. The van der Waals surface area contributed by atoms with Crippen molar-refractivity contribution in [3.63, 3.8) is 0 Å². The smallest absolute Gasteiger partial charge is 0.250 e. The summed E-state index contributed by atoms with van der Waals surface area (Å²) in [4.78, 5) is 12.7. The molecule has 1 heterocycles. The quantitative estimate of drug-likeness (QED) is 0.106. The molecule has 0 radical (unpaired) electrons. The van der Waals surface area contributed by atoms with Crippen LogP contribution in [0.4, 0.5) is 0 Å². The summed E-state index contributed by atoms with van der Waals surface area (Å²) in [6, 6.07) is 31.0. The van der Waals surface area contributed by atoms with Crippen LogP contribution in [0.3, 0.4) is 0 Å². The fourth-order valence-electron chi connectivity index (χ4n) is 4.18. The van der Waals surface area contributed by atoms with Crippen molar-refractivity contribution in [1.82, 2.24) is 20.2 Å². The first-order chi connectivity index (χ1) is 21.0. The van der Waals surface area contributed by atoms with E-state index in [1.165, 1.54) is 11.8 Å². The summed E-state index contributed by atoms with van der Waals surface area (Å²) < 4.78 is 18.6. The molecule has 0 spiro atoms. The summed E-state index contributed by atoms with van der Waals surface area (Å²) in [7, 11) is 3.22. The molecular weight excluding hydrogens is 562 g/mol. The molecule has 0 atom stereocenters. The number of amides is 1. The van der Waals surface area contributed by atoms with E-state index in [9.17, 15) is 4.79 Å². The maximum atomic E-state index is 12.7. The van der Waals surface area contributed by atoms with E-state index < -0.39 is 0 Å². The zero-order valence-corrected chi connectivity index (χ0v) is 24.9. The number of benzene rings is 4. The van der Waals surface area contributed by atoms with Gasteiger partial charge in [0.15, 0.2) is 22.5 Å². The van der Waals surface area contributed by atoms with Gasteiger partial charge in [-0.1, -0.05) is 71.9 Å². The molecule has 0 aliphatic carbocycles. The number of carbonyl (C=O) groups is 1. The van der Waals surface area contributed by atoms with E-state index in [0.29, 0.717) is 29.1 Å². The van der Waals surface area contributed by atoms with E-state index in [1.807, 2.05) is 102 Å². The van der Waals surface area contributed by atoms with Crippen molar-refractivity contribution >= 4 is 23.9 Å². The molecular formula is C33H31N5O4S. The van der Waals surface area contributed by atoms with Crippen molar-refractivity contribution in [3.8, 4) is 34.3 Å². The van der Waals surface area contributed by atoms with Crippen LogP contribution >= 0.6 is 11.8 Å². The Morgan fingerprint density at radius 2 is 1.67 bits per heavy atom. The number of carbonyl (C=O) groups excluding carboxylic acids is 1. The van der Waals surface area contributed by atoms with Gasteiger partial charge in [-0.05, 0) is 60.5 Å². The van der Waals surface area contributed by atoms with Gasteiger partial charge in [0.25, 0.3) is 5.91 Å². The Morgan fingerprint density at radius 1 is 0.907 bits per heavy atom. The lowest BCUT2D eigenvalue weighted by Gasteiger charge is -2.11. The van der Waals surface area contributed by atoms with E-state index in [-0.39, 0.29) is 11.7 Å². The third-order valence-corrected chi connectivity index (χ3v) is 7.36. The Labute approximate surface area is 254 Å². The highest BCUT2D eigenvalue weighted by Gasteiger charge is 2.17. The molecule has 218 valence electrons. The Balaban J connectivity index is 1.25. The molecule has 1 N–H and O–H groups in total. The van der Waals surface area contributed by atoms with Gasteiger partial charge in [0.2, 0.25) is 0 Å². The molecule has 0 fully saturated rings. The molecule has 0 aliphatic rings. The summed E-state index contributed by atoms with van der Waals surface area (Å²) in [5.74, 6) is 2.42. The third kappa shape index (κ3) is 7.60. The standard InChI is InChI=1S/C33H31N5O4S/c1-23-9-12-26(13-10-23)32-36-37-33(38(32)27-14-16-28(40-2)17-15-27)43-22-31(39)35-34-20-25-11-18-29(41-3)30(19-25)42-21-24-7-5-4-6-8-24/h4-20H,21-22H2,1-3H3,(H,35,39)/b34-20-. The van der Waals surface area contributed by atoms with Crippen LogP contribution in [0.25, 0.3) is 17.1 Å². The predicted molar refractivity (Wildman–Crippen MR) is 168 cm³/mol. The third-order valence-electron chi connectivity index (χ3n) is 6.43. The lowest BCUT2D eigenvalue weighted by atomic mass is 10.1.